The van der Waals surface area contributed by atoms with Crippen molar-refractivity contribution in [2.24, 2.45) is 0 Å². The van der Waals surface area contributed by atoms with Crippen LogP contribution >= 0.6 is 0 Å². The molecule has 5 nitrogen and oxygen atoms in total. The highest BCUT2D eigenvalue weighted by Gasteiger charge is 2.40. The minimum Gasteiger partial charge on any atom is -0.325 e. The molecule has 2 aliphatic rings. The van der Waals surface area contributed by atoms with Gasteiger partial charge in [0, 0.05) is 12.2 Å². The van der Waals surface area contributed by atoms with Gasteiger partial charge in [-0.2, -0.15) is 0 Å². The molecule has 0 atom stereocenters. The maximum absolute atomic E-state index is 13.4. The molecule has 2 aromatic carbocycles. The van der Waals surface area contributed by atoms with Crippen LogP contribution in [0.5, 0.6) is 0 Å². The van der Waals surface area contributed by atoms with Crippen LogP contribution in [0.25, 0.3) is 0 Å². The smallest absolute Gasteiger partial charge is 0.264 e. The lowest BCUT2D eigenvalue weighted by molar-refractivity contribution is -0.119. The molecule has 0 aromatic heterocycles. The molecule has 2 heterocycles. The summed E-state index contributed by atoms with van der Waals surface area (Å²) in [5, 5.41) is 2.82. The number of nitrogens with one attached hydrogen (secondary N) is 1. The average molecular weight is 399 g/mol. The third-order valence-corrected chi connectivity index (χ3v) is 7.68. The van der Waals surface area contributed by atoms with E-state index in [4.69, 9.17) is 0 Å². The van der Waals surface area contributed by atoms with E-state index in [9.17, 15) is 13.2 Å². The third kappa shape index (κ3) is 2.73. The van der Waals surface area contributed by atoms with Gasteiger partial charge in [0.2, 0.25) is 5.91 Å². The molecule has 0 aliphatic carbocycles. The Bertz CT molecular complexity index is 1100. The first-order valence-electron chi connectivity index (χ1n) is 9.54. The SMILES string of the molecule is CC(C)(C)c1ccc2c(c1)CCN2S(=O)(=O)c1ccc2c(c1)C(C)(C)C(=O)N2. The topological polar surface area (TPSA) is 66.5 Å². The molecule has 0 unspecified atom stereocenters. The molecule has 6 heteroatoms. The zero-order valence-electron chi connectivity index (χ0n) is 17.0. The van der Waals surface area contributed by atoms with Crippen molar-refractivity contribution in [3.63, 3.8) is 0 Å². The van der Waals surface area contributed by atoms with Crippen molar-refractivity contribution < 1.29 is 13.2 Å². The Hall–Kier alpha value is -2.34. The summed E-state index contributed by atoms with van der Waals surface area (Å²) in [6.07, 6.45) is 0.703. The van der Waals surface area contributed by atoms with Gasteiger partial charge in [-0.1, -0.05) is 32.9 Å². The first-order valence-corrected chi connectivity index (χ1v) is 11.0. The van der Waals surface area contributed by atoms with E-state index in [1.807, 2.05) is 26.0 Å². The Kier molecular flexibility index (Phi) is 3.96. The van der Waals surface area contributed by atoms with Crippen LogP contribution in [0.1, 0.15) is 51.3 Å². The fourth-order valence-electron chi connectivity index (χ4n) is 3.93. The van der Waals surface area contributed by atoms with Crippen LogP contribution in [0.2, 0.25) is 0 Å². The monoisotopic (exact) mass is 398 g/mol. The van der Waals surface area contributed by atoms with Crippen molar-refractivity contribution in [3.8, 4) is 0 Å². The van der Waals surface area contributed by atoms with E-state index in [-0.39, 0.29) is 16.2 Å². The van der Waals surface area contributed by atoms with Crippen molar-refractivity contribution in [3.05, 3.63) is 53.1 Å². The number of hydrogen-bond acceptors (Lipinski definition) is 3. The first-order chi connectivity index (χ1) is 12.9. The van der Waals surface area contributed by atoms with E-state index >= 15 is 0 Å². The second-order valence-electron chi connectivity index (χ2n) is 9.21. The molecule has 0 fully saturated rings. The third-order valence-electron chi connectivity index (χ3n) is 5.87. The quantitative estimate of drug-likeness (QED) is 0.832. The predicted molar refractivity (Wildman–Crippen MR) is 111 cm³/mol. The zero-order valence-corrected chi connectivity index (χ0v) is 17.8. The van der Waals surface area contributed by atoms with Gasteiger partial charge in [-0.05, 0) is 66.6 Å². The number of carbonyl (C=O) groups excluding carboxylic acids is 1. The van der Waals surface area contributed by atoms with E-state index in [0.717, 1.165) is 16.8 Å². The normalized spacial score (nSPS) is 18.0. The van der Waals surface area contributed by atoms with Crippen LogP contribution in [-0.4, -0.2) is 20.9 Å². The first kappa shape index (κ1) is 19.0. The van der Waals surface area contributed by atoms with E-state index in [0.29, 0.717) is 18.7 Å². The number of anilines is 2. The molecule has 0 bridgehead atoms. The van der Waals surface area contributed by atoms with Crippen LogP contribution in [0.3, 0.4) is 0 Å². The number of amides is 1. The molecule has 2 aromatic rings. The maximum atomic E-state index is 13.4. The molecule has 4 rings (SSSR count). The second kappa shape index (κ2) is 5.83. The summed E-state index contributed by atoms with van der Waals surface area (Å²) < 4.78 is 28.3. The van der Waals surface area contributed by atoms with Crippen molar-refractivity contribution in [1.29, 1.82) is 0 Å². The van der Waals surface area contributed by atoms with E-state index in [1.54, 1.807) is 18.2 Å². The number of carbonyl (C=O) groups is 1. The lowest BCUT2D eigenvalue weighted by Gasteiger charge is -2.23. The molecule has 28 heavy (non-hydrogen) atoms. The number of hydrogen-bond donors (Lipinski definition) is 1. The summed E-state index contributed by atoms with van der Waals surface area (Å²) in [6.45, 7) is 10.5. The predicted octanol–water partition coefficient (Wildman–Crippen LogP) is 3.97. The van der Waals surface area contributed by atoms with Gasteiger partial charge in [0.1, 0.15) is 0 Å². The van der Waals surface area contributed by atoms with Gasteiger partial charge >= 0.3 is 0 Å². The van der Waals surface area contributed by atoms with Gasteiger partial charge in [-0.3, -0.25) is 9.10 Å². The Morgan fingerprint density at radius 1 is 1.07 bits per heavy atom. The fraction of sp³-hybridized carbons (Fsp3) is 0.409. The van der Waals surface area contributed by atoms with Gasteiger partial charge in [-0.15, -0.1) is 0 Å². The summed E-state index contributed by atoms with van der Waals surface area (Å²) in [5.74, 6) is -0.113. The second-order valence-corrected chi connectivity index (χ2v) is 11.1. The molecule has 148 valence electrons. The van der Waals surface area contributed by atoms with Crippen molar-refractivity contribution in [2.75, 3.05) is 16.2 Å². The number of nitrogens with zero attached hydrogens (tertiary/aromatic N) is 1. The molecule has 2 aliphatic heterocycles. The highest BCUT2D eigenvalue weighted by atomic mass is 32.2. The minimum absolute atomic E-state index is 0.0203. The standard InChI is InChI=1S/C22H26N2O3S/c1-21(2,3)15-6-9-19-14(12-15)10-11-24(19)28(26,27)16-7-8-18-17(13-16)22(4,5)20(25)23-18/h6-9,12-13H,10-11H2,1-5H3,(H,23,25). The number of benzene rings is 2. The van der Waals surface area contributed by atoms with Crippen molar-refractivity contribution in [2.45, 2.75) is 56.8 Å². The highest BCUT2D eigenvalue weighted by Crippen LogP contribution is 2.40. The van der Waals surface area contributed by atoms with E-state index < -0.39 is 15.4 Å². The van der Waals surface area contributed by atoms with Crippen molar-refractivity contribution >= 4 is 27.3 Å². The molecular formula is C22H26N2O3S. The molecule has 1 amide bonds. The molecule has 0 radical (unpaired) electrons. The van der Waals surface area contributed by atoms with E-state index in [1.165, 1.54) is 9.87 Å². The van der Waals surface area contributed by atoms with E-state index in [2.05, 4.69) is 32.2 Å². The Balaban J connectivity index is 1.75. The summed E-state index contributed by atoms with van der Waals surface area (Å²) in [7, 11) is -3.70. The average Bonchev–Trinajstić information content (AvgIpc) is 3.13. The van der Waals surface area contributed by atoms with Gasteiger partial charge in [0.15, 0.2) is 0 Å². The van der Waals surface area contributed by atoms with Gasteiger partial charge < -0.3 is 5.32 Å². The fourth-order valence-corrected chi connectivity index (χ4v) is 5.46. The molecule has 0 spiro atoms. The summed E-state index contributed by atoms with van der Waals surface area (Å²) in [6, 6.07) is 11.0. The van der Waals surface area contributed by atoms with Gasteiger partial charge in [0.05, 0.1) is 16.0 Å². The van der Waals surface area contributed by atoms with Crippen LogP contribution in [0.15, 0.2) is 41.3 Å². The van der Waals surface area contributed by atoms with Crippen LogP contribution < -0.4 is 9.62 Å². The van der Waals surface area contributed by atoms with Crippen LogP contribution in [-0.2, 0) is 32.1 Å². The minimum atomic E-state index is -3.70. The summed E-state index contributed by atoms with van der Waals surface area (Å²) >= 11 is 0. The van der Waals surface area contributed by atoms with Gasteiger partial charge in [0.25, 0.3) is 10.0 Å². The molecule has 0 saturated heterocycles. The molecule has 1 N–H and O–H groups in total. The number of fused-ring (bicyclic) bond motifs is 2. The van der Waals surface area contributed by atoms with Crippen LogP contribution in [0, 0.1) is 0 Å². The number of rotatable bonds is 2. The number of sulfonamides is 1. The lowest BCUT2D eigenvalue weighted by atomic mass is 9.86. The highest BCUT2D eigenvalue weighted by molar-refractivity contribution is 7.92. The molecular weight excluding hydrogens is 372 g/mol. The largest absolute Gasteiger partial charge is 0.325 e. The zero-order chi connectivity index (χ0) is 20.5. The Morgan fingerprint density at radius 2 is 1.79 bits per heavy atom. The molecule has 0 saturated carbocycles. The van der Waals surface area contributed by atoms with Crippen molar-refractivity contribution in [1.82, 2.24) is 0 Å². The summed E-state index contributed by atoms with van der Waals surface area (Å²) in [5.41, 5.74) is 3.70. The summed E-state index contributed by atoms with van der Waals surface area (Å²) in [4.78, 5) is 12.4. The lowest BCUT2D eigenvalue weighted by Crippen LogP contribution is -2.30. The van der Waals surface area contributed by atoms with Gasteiger partial charge in [-0.25, -0.2) is 8.42 Å². The Labute approximate surface area is 166 Å². The van der Waals surface area contributed by atoms with Crippen LogP contribution in [0.4, 0.5) is 11.4 Å². The maximum Gasteiger partial charge on any atom is 0.264 e. The Morgan fingerprint density at radius 3 is 2.46 bits per heavy atom.